The second-order valence-electron chi connectivity index (χ2n) is 3.72. The molecule has 0 heterocycles. The first-order valence-corrected chi connectivity index (χ1v) is 5.23. The molecule has 0 aromatic heterocycles. The molecule has 0 saturated heterocycles. The number of carbonyl (C=O) groups is 1. The smallest absolute Gasteiger partial charge is 0.316 e. The van der Waals surface area contributed by atoms with Crippen LogP contribution in [0.5, 0.6) is 0 Å². The van der Waals surface area contributed by atoms with Gasteiger partial charge in [-0.1, -0.05) is 13.3 Å². The summed E-state index contributed by atoms with van der Waals surface area (Å²) in [5, 5.41) is 14.2. The van der Waals surface area contributed by atoms with Crippen LogP contribution in [0.4, 0.5) is 4.79 Å². The number of urea groups is 1. The Morgan fingerprint density at radius 3 is 2.79 bits per heavy atom. The number of hydrogen-bond acceptors (Lipinski definition) is 2. The predicted octanol–water partition coefficient (Wildman–Crippen LogP) is 1.53. The maximum atomic E-state index is 11.3. The molecule has 0 aromatic rings. The molecule has 1 aliphatic rings. The Hall–Kier alpha value is -1.24. The third-order valence-electron chi connectivity index (χ3n) is 2.48. The van der Waals surface area contributed by atoms with Gasteiger partial charge < -0.3 is 10.6 Å². The molecule has 78 valence electrons. The van der Waals surface area contributed by atoms with Crippen LogP contribution in [0, 0.1) is 11.3 Å². The van der Waals surface area contributed by atoms with Crippen LogP contribution in [-0.4, -0.2) is 18.1 Å². The fraction of sp³-hybridized carbons (Fsp3) is 0.800. The van der Waals surface area contributed by atoms with Crippen molar-refractivity contribution < 1.29 is 4.79 Å². The highest BCUT2D eigenvalue weighted by molar-refractivity contribution is 5.75. The highest BCUT2D eigenvalue weighted by atomic mass is 16.2. The van der Waals surface area contributed by atoms with Gasteiger partial charge in [-0.15, -0.1) is 0 Å². The van der Waals surface area contributed by atoms with Crippen LogP contribution in [0.3, 0.4) is 0 Å². The van der Waals surface area contributed by atoms with Gasteiger partial charge in [-0.3, -0.25) is 0 Å². The second-order valence-corrected chi connectivity index (χ2v) is 3.72. The molecule has 14 heavy (non-hydrogen) atoms. The Balaban J connectivity index is 2.20. The van der Waals surface area contributed by atoms with Gasteiger partial charge in [-0.05, 0) is 25.7 Å². The van der Waals surface area contributed by atoms with Gasteiger partial charge in [-0.2, -0.15) is 5.26 Å². The van der Waals surface area contributed by atoms with Gasteiger partial charge in [0.15, 0.2) is 0 Å². The van der Waals surface area contributed by atoms with Crippen molar-refractivity contribution in [3.8, 4) is 6.07 Å². The van der Waals surface area contributed by atoms with Crippen LogP contribution in [0.2, 0.25) is 0 Å². The zero-order valence-electron chi connectivity index (χ0n) is 8.55. The summed E-state index contributed by atoms with van der Waals surface area (Å²) in [6.45, 7) is 2.00. The zero-order valence-corrected chi connectivity index (χ0v) is 8.55. The highest BCUT2D eigenvalue weighted by Crippen LogP contribution is 2.17. The summed E-state index contributed by atoms with van der Waals surface area (Å²) in [6, 6.07) is 1.85. The molecular formula is C10H17N3O. The first-order chi connectivity index (χ1) is 6.76. The lowest BCUT2D eigenvalue weighted by atomic mass is 9.93. The Morgan fingerprint density at radius 2 is 2.36 bits per heavy atom. The molecule has 0 aliphatic heterocycles. The number of carbonyl (C=O) groups excluding carboxylic acids is 1. The third-order valence-corrected chi connectivity index (χ3v) is 2.48. The van der Waals surface area contributed by atoms with Gasteiger partial charge in [0.2, 0.25) is 0 Å². The van der Waals surface area contributed by atoms with Crippen molar-refractivity contribution in [3.63, 3.8) is 0 Å². The van der Waals surface area contributed by atoms with Crippen molar-refractivity contribution in [2.24, 2.45) is 0 Å². The lowest BCUT2D eigenvalue weighted by Crippen LogP contribution is -2.48. The summed E-state index contributed by atoms with van der Waals surface area (Å²) < 4.78 is 0. The lowest BCUT2D eigenvalue weighted by Gasteiger charge is -2.26. The van der Waals surface area contributed by atoms with Gasteiger partial charge in [-0.25, -0.2) is 4.79 Å². The number of hydrogen-bond donors (Lipinski definition) is 2. The quantitative estimate of drug-likeness (QED) is 0.714. The fourth-order valence-corrected chi connectivity index (χ4v) is 1.40. The van der Waals surface area contributed by atoms with E-state index in [1.165, 1.54) is 6.42 Å². The summed E-state index contributed by atoms with van der Waals surface area (Å²) in [5.74, 6) is 0. The van der Waals surface area contributed by atoms with E-state index in [1.807, 2.05) is 6.92 Å². The Bertz CT molecular complexity index is 230. The number of amides is 2. The van der Waals surface area contributed by atoms with Crippen molar-refractivity contribution in [1.29, 1.82) is 5.26 Å². The van der Waals surface area contributed by atoms with Crippen molar-refractivity contribution in [2.75, 3.05) is 0 Å². The van der Waals surface area contributed by atoms with Crippen LogP contribution >= 0.6 is 0 Å². The number of nitriles is 1. The Labute approximate surface area is 84.7 Å². The van der Waals surface area contributed by atoms with Gasteiger partial charge in [0.05, 0.1) is 6.07 Å². The molecule has 1 saturated carbocycles. The van der Waals surface area contributed by atoms with Crippen LogP contribution in [-0.2, 0) is 0 Å². The summed E-state index contributed by atoms with van der Waals surface area (Å²) >= 11 is 0. The Morgan fingerprint density at radius 1 is 1.64 bits per heavy atom. The van der Waals surface area contributed by atoms with Crippen LogP contribution in [0.15, 0.2) is 0 Å². The fourth-order valence-electron chi connectivity index (χ4n) is 1.40. The van der Waals surface area contributed by atoms with E-state index >= 15 is 0 Å². The van der Waals surface area contributed by atoms with E-state index in [0.29, 0.717) is 12.5 Å². The third kappa shape index (κ3) is 3.25. The molecule has 2 amide bonds. The summed E-state index contributed by atoms with van der Waals surface area (Å²) in [7, 11) is 0. The van der Waals surface area contributed by atoms with Crippen LogP contribution < -0.4 is 10.6 Å². The summed E-state index contributed by atoms with van der Waals surface area (Å²) in [6.07, 6.45) is 4.95. The second kappa shape index (κ2) is 5.48. The number of rotatable bonds is 4. The van der Waals surface area contributed by atoms with Crippen molar-refractivity contribution >= 4 is 6.03 Å². The topological polar surface area (TPSA) is 64.9 Å². The van der Waals surface area contributed by atoms with E-state index in [2.05, 4.69) is 16.7 Å². The van der Waals surface area contributed by atoms with E-state index in [9.17, 15) is 4.79 Å². The molecule has 1 aliphatic carbocycles. The number of nitrogens with one attached hydrogen (secondary N) is 2. The SMILES string of the molecule is CCCC(C#N)NC(=O)NC1CCC1. The molecule has 0 bridgehead atoms. The maximum absolute atomic E-state index is 11.3. The van der Waals surface area contributed by atoms with Crippen molar-refractivity contribution in [1.82, 2.24) is 10.6 Å². The predicted molar refractivity (Wildman–Crippen MR) is 53.6 cm³/mol. The van der Waals surface area contributed by atoms with Gasteiger partial charge in [0.25, 0.3) is 0 Å². The van der Waals surface area contributed by atoms with Crippen LogP contribution in [0.25, 0.3) is 0 Å². The summed E-state index contributed by atoms with van der Waals surface area (Å²) in [4.78, 5) is 11.3. The molecule has 1 atom stereocenters. The molecule has 4 heteroatoms. The highest BCUT2D eigenvalue weighted by Gasteiger charge is 2.20. The van der Waals surface area contributed by atoms with Gasteiger partial charge in [0, 0.05) is 6.04 Å². The van der Waals surface area contributed by atoms with E-state index < -0.39 is 0 Å². The van der Waals surface area contributed by atoms with Crippen molar-refractivity contribution in [2.45, 2.75) is 51.1 Å². The van der Waals surface area contributed by atoms with E-state index in [4.69, 9.17) is 5.26 Å². The molecule has 4 nitrogen and oxygen atoms in total. The zero-order chi connectivity index (χ0) is 10.4. The first kappa shape index (κ1) is 10.8. The van der Waals surface area contributed by atoms with Crippen LogP contribution in [0.1, 0.15) is 39.0 Å². The minimum absolute atomic E-state index is 0.199. The minimum Gasteiger partial charge on any atom is -0.335 e. The van der Waals surface area contributed by atoms with E-state index in [0.717, 1.165) is 19.3 Å². The van der Waals surface area contributed by atoms with Crippen molar-refractivity contribution in [3.05, 3.63) is 0 Å². The molecule has 1 unspecified atom stereocenters. The number of nitrogens with zero attached hydrogens (tertiary/aromatic N) is 1. The molecule has 0 aromatic carbocycles. The van der Waals surface area contributed by atoms with E-state index in [-0.39, 0.29) is 12.1 Å². The molecule has 0 radical (unpaired) electrons. The molecule has 2 N–H and O–H groups in total. The van der Waals surface area contributed by atoms with Gasteiger partial charge >= 0.3 is 6.03 Å². The Kier molecular flexibility index (Phi) is 4.24. The normalized spacial score (nSPS) is 17.7. The molecule has 0 spiro atoms. The summed E-state index contributed by atoms with van der Waals surface area (Å²) in [5.41, 5.74) is 0. The first-order valence-electron chi connectivity index (χ1n) is 5.23. The standard InChI is InChI=1S/C10H17N3O/c1-2-4-9(7-11)13-10(14)12-8-5-3-6-8/h8-9H,2-6H2,1H3,(H2,12,13,14). The average Bonchev–Trinajstić information content (AvgIpc) is 2.11. The molecule has 1 fully saturated rings. The maximum Gasteiger partial charge on any atom is 0.316 e. The monoisotopic (exact) mass is 195 g/mol. The molecular weight excluding hydrogens is 178 g/mol. The lowest BCUT2D eigenvalue weighted by molar-refractivity contribution is 0.226. The molecule has 1 rings (SSSR count). The van der Waals surface area contributed by atoms with Gasteiger partial charge in [0.1, 0.15) is 6.04 Å². The average molecular weight is 195 g/mol. The minimum atomic E-state index is -0.347. The largest absolute Gasteiger partial charge is 0.335 e. The van der Waals surface area contributed by atoms with E-state index in [1.54, 1.807) is 0 Å².